The smallest absolute Gasteiger partial charge is 0.345 e. The van der Waals surface area contributed by atoms with Crippen molar-refractivity contribution >= 4 is 5.97 Å². The van der Waals surface area contributed by atoms with Crippen molar-refractivity contribution in [3.05, 3.63) is 27.8 Å². The first-order valence-electron chi connectivity index (χ1n) is 3.87. The van der Waals surface area contributed by atoms with E-state index in [-0.39, 0.29) is 17.1 Å². The lowest BCUT2D eigenvalue weighted by Crippen LogP contribution is -2.10. The van der Waals surface area contributed by atoms with E-state index in [1.807, 2.05) is 0 Å². The van der Waals surface area contributed by atoms with E-state index in [0.717, 1.165) is 6.07 Å². The van der Waals surface area contributed by atoms with Gasteiger partial charge in [-0.1, -0.05) is 0 Å². The fourth-order valence-corrected chi connectivity index (χ4v) is 1.09. The standard InChI is InChI=1S/C9H10O5/c1-5-8(9(11)13-3)6(12-2)4-7(10)14-5/h4H,1-3H3. The molecule has 0 aromatic carbocycles. The van der Waals surface area contributed by atoms with Gasteiger partial charge in [0.15, 0.2) is 0 Å². The molecule has 5 heteroatoms. The Morgan fingerprint density at radius 3 is 2.57 bits per heavy atom. The zero-order chi connectivity index (χ0) is 10.7. The van der Waals surface area contributed by atoms with E-state index in [0.29, 0.717) is 0 Å². The van der Waals surface area contributed by atoms with Crippen LogP contribution in [0.15, 0.2) is 15.3 Å². The Labute approximate surface area is 80.2 Å². The molecule has 5 nitrogen and oxygen atoms in total. The second kappa shape index (κ2) is 3.95. The third-order valence-electron chi connectivity index (χ3n) is 1.71. The minimum atomic E-state index is -0.594. The summed E-state index contributed by atoms with van der Waals surface area (Å²) < 4.78 is 14.1. The molecule has 0 atom stereocenters. The number of methoxy groups -OCH3 is 2. The van der Waals surface area contributed by atoms with E-state index in [4.69, 9.17) is 9.15 Å². The summed E-state index contributed by atoms with van der Waals surface area (Å²) in [5.74, 6) is -0.255. The molecule has 0 aliphatic heterocycles. The van der Waals surface area contributed by atoms with Gasteiger partial charge in [-0.05, 0) is 6.92 Å². The Morgan fingerprint density at radius 2 is 2.07 bits per heavy atom. The minimum absolute atomic E-state index is 0.134. The third-order valence-corrected chi connectivity index (χ3v) is 1.71. The van der Waals surface area contributed by atoms with Crippen molar-refractivity contribution in [2.45, 2.75) is 6.92 Å². The highest BCUT2D eigenvalue weighted by molar-refractivity contribution is 5.93. The second-order valence-corrected chi connectivity index (χ2v) is 2.56. The molecule has 76 valence electrons. The van der Waals surface area contributed by atoms with Gasteiger partial charge < -0.3 is 13.9 Å². The van der Waals surface area contributed by atoms with Crippen molar-refractivity contribution in [1.29, 1.82) is 0 Å². The van der Waals surface area contributed by atoms with Gasteiger partial charge in [-0.3, -0.25) is 0 Å². The number of carbonyl (C=O) groups is 1. The zero-order valence-corrected chi connectivity index (χ0v) is 8.12. The molecule has 1 rings (SSSR count). The lowest BCUT2D eigenvalue weighted by molar-refractivity contribution is 0.0592. The van der Waals surface area contributed by atoms with Crippen LogP contribution in [0.2, 0.25) is 0 Å². The molecule has 0 radical (unpaired) electrons. The predicted molar refractivity (Wildman–Crippen MR) is 47.6 cm³/mol. The SMILES string of the molecule is COC(=O)c1c(OC)cc(=O)oc1C. The van der Waals surface area contributed by atoms with Gasteiger partial charge in [0.1, 0.15) is 17.1 Å². The van der Waals surface area contributed by atoms with Crippen molar-refractivity contribution in [2.75, 3.05) is 14.2 Å². The number of carbonyl (C=O) groups excluding carboxylic acids is 1. The summed E-state index contributed by atoms with van der Waals surface area (Å²) in [7, 11) is 2.60. The molecule has 0 unspecified atom stereocenters. The minimum Gasteiger partial charge on any atom is -0.495 e. The van der Waals surface area contributed by atoms with Crippen molar-refractivity contribution in [3.63, 3.8) is 0 Å². The third kappa shape index (κ3) is 1.76. The van der Waals surface area contributed by atoms with Crippen molar-refractivity contribution in [1.82, 2.24) is 0 Å². The molecule has 0 saturated heterocycles. The maximum atomic E-state index is 11.3. The Hall–Kier alpha value is -1.78. The van der Waals surface area contributed by atoms with E-state index in [1.165, 1.54) is 21.1 Å². The van der Waals surface area contributed by atoms with Gasteiger partial charge in [0.25, 0.3) is 0 Å². The van der Waals surface area contributed by atoms with Crippen LogP contribution in [0.25, 0.3) is 0 Å². The summed E-state index contributed by atoms with van der Waals surface area (Å²) in [6, 6.07) is 1.10. The van der Waals surface area contributed by atoms with E-state index < -0.39 is 11.6 Å². The molecular weight excluding hydrogens is 188 g/mol. The molecule has 0 spiro atoms. The van der Waals surface area contributed by atoms with Crippen LogP contribution in [0, 0.1) is 6.92 Å². The average Bonchev–Trinajstić information content (AvgIpc) is 2.15. The average molecular weight is 198 g/mol. The Bertz CT molecular complexity index is 404. The van der Waals surface area contributed by atoms with E-state index in [9.17, 15) is 9.59 Å². The summed E-state index contributed by atoms with van der Waals surface area (Å²) >= 11 is 0. The van der Waals surface area contributed by atoms with Gasteiger partial charge in [0, 0.05) is 0 Å². The second-order valence-electron chi connectivity index (χ2n) is 2.56. The summed E-state index contributed by atoms with van der Waals surface area (Å²) in [6.45, 7) is 1.50. The van der Waals surface area contributed by atoms with E-state index in [1.54, 1.807) is 0 Å². The number of hydrogen-bond acceptors (Lipinski definition) is 5. The van der Waals surface area contributed by atoms with Crippen LogP contribution in [-0.2, 0) is 4.74 Å². The normalized spacial score (nSPS) is 9.64. The highest BCUT2D eigenvalue weighted by Crippen LogP contribution is 2.19. The van der Waals surface area contributed by atoms with Gasteiger partial charge in [-0.2, -0.15) is 0 Å². The number of ether oxygens (including phenoxy) is 2. The number of aryl methyl sites for hydroxylation is 1. The van der Waals surface area contributed by atoms with Crippen LogP contribution in [0.4, 0.5) is 0 Å². The first-order chi connectivity index (χ1) is 6.60. The molecule has 1 heterocycles. The largest absolute Gasteiger partial charge is 0.495 e. The first-order valence-corrected chi connectivity index (χ1v) is 3.87. The quantitative estimate of drug-likeness (QED) is 0.656. The van der Waals surface area contributed by atoms with Crippen LogP contribution in [0.1, 0.15) is 16.1 Å². The molecule has 0 bridgehead atoms. The van der Waals surface area contributed by atoms with Gasteiger partial charge in [0.2, 0.25) is 0 Å². The van der Waals surface area contributed by atoms with Gasteiger partial charge >= 0.3 is 11.6 Å². The van der Waals surface area contributed by atoms with Gasteiger partial charge in [-0.15, -0.1) is 0 Å². The number of esters is 1. The molecule has 0 aliphatic carbocycles. The highest BCUT2D eigenvalue weighted by Gasteiger charge is 2.18. The topological polar surface area (TPSA) is 65.7 Å². The van der Waals surface area contributed by atoms with E-state index in [2.05, 4.69) is 4.74 Å². The fourth-order valence-electron chi connectivity index (χ4n) is 1.09. The predicted octanol–water partition coefficient (Wildman–Crippen LogP) is 0.743. The van der Waals surface area contributed by atoms with Crippen molar-refractivity contribution in [3.8, 4) is 5.75 Å². The molecule has 1 aromatic rings. The van der Waals surface area contributed by atoms with Crippen molar-refractivity contribution in [2.24, 2.45) is 0 Å². The molecular formula is C9H10O5. The Balaban J connectivity index is 3.39. The lowest BCUT2D eigenvalue weighted by atomic mass is 10.2. The van der Waals surface area contributed by atoms with Crippen LogP contribution in [0.5, 0.6) is 5.75 Å². The summed E-state index contributed by atoms with van der Waals surface area (Å²) in [5.41, 5.74) is -0.429. The molecule has 0 amide bonds. The summed E-state index contributed by atoms with van der Waals surface area (Å²) in [4.78, 5) is 22.2. The molecule has 0 saturated carbocycles. The van der Waals surface area contributed by atoms with Gasteiger partial charge in [0.05, 0.1) is 20.3 Å². The van der Waals surface area contributed by atoms with Gasteiger partial charge in [-0.25, -0.2) is 9.59 Å². The first kappa shape index (κ1) is 10.3. The van der Waals surface area contributed by atoms with Crippen LogP contribution in [-0.4, -0.2) is 20.2 Å². The number of hydrogen-bond donors (Lipinski definition) is 0. The molecule has 14 heavy (non-hydrogen) atoms. The van der Waals surface area contributed by atoms with Crippen LogP contribution >= 0.6 is 0 Å². The molecule has 0 fully saturated rings. The molecule has 0 N–H and O–H groups in total. The highest BCUT2D eigenvalue weighted by atomic mass is 16.5. The maximum Gasteiger partial charge on any atom is 0.345 e. The summed E-state index contributed by atoms with van der Waals surface area (Å²) in [5, 5.41) is 0. The summed E-state index contributed by atoms with van der Waals surface area (Å²) in [6.07, 6.45) is 0. The Morgan fingerprint density at radius 1 is 1.43 bits per heavy atom. The number of rotatable bonds is 2. The maximum absolute atomic E-state index is 11.3. The molecule has 1 aromatic heterocycles. The monoisotopic (exact) mass is 198 g/mol. The van der Waals surface area contributed by atoms with Crippen molar-refractivity contribution < 1.29 is 18.7 Å². The lowest BCUT2D eigenvalue weighted by Gasteiger charge is -2.06. The van der Waals surface area contributed by atoms with Crippen LogP contribution in [0.3, 0.4) is 0 Å². The van der Waals surface area contributed by atoms with E-state index >= 15 is 0 Å². The Kier molecular flexibility index (Phi) is 2.91. The fraction of sp³-hybridized carbons (Fsp3) is 0.333. The van der Waals surface area contributed by atoms with Crippen LogP contribution < -0.4 is 10.4 Å². The molecule has 0 aliphatic rings. The zero-order valence-electron chi connectivity index (χ0n) is 8.12.